The lowest BCUT2D eigenvalue weighted by Crippen LogP contribution is -2.42. The van der Waals surface area contributed by atoms with E-state index in [4.69, 9.17) is 0 Å². The normalized spacial score (nSPS) is 21.7. The molecule has 0 N–H and O–H groups in total. The Morgan fingerprint density at radius 2 is 2.17 bits per heavy atom. The molecule has 4 rings (SSSR count). The number of anilines is 1. The van der Waals surface area contributed by atoms with E-state index < -0.39 is 0 Å². The van der Waals surface area contributed by atoms with E-state index in [9.17, 15) is 4.79 Å². The van der Waals surface area contributed by atoms with E-state index >= 15 is 0 Å². The van der Waals surface area contributed by atoms with Crippen LogP contribution in [0, 0.1) is 0 Å². The van der Waals surface area contributed by atoms with Crippen LogP contribution >= 0.6 is 11.5 Å². The number of rotatable bonds is 5. The molecule has 2 aromatic heterocycles. The number of likely N-dealkylation sites (tertiary alicyclic amines) is 1. The van der Waals surface area contributed by atoms with E-state index in [-0.39, 0.29) is 11.6 Å². The second-order valence-electron chi connectivity index (χ2n) is 6.66. The SMILES string of the molecule is O=c1cc(N2CCC2)cnn1C1CCCN(CCc2ccns2)C1. The fourth-order valence-corrected chi connectivity index (χ4v) is 4.06. The highest BCUT2D eigenvalue weighted by Gasteiger charge is 2.23. The molecule has 0 bridgehead atoms. The standard InChI is InChI=1S/C17H23N5OS/c23-17-11-15(21-8-2-9-21)12-18-22(17)14-3-1-7-20(13-14)10-5-16-4-6-19-24-16/h4,6,11-12,14H,1-3,5,7-10,13H2. The molecule has 7 heteroatoms. The highest BCUT2D eigenvalue weighted by Crippen LogP contribution is 2.22. The molecular formula is C17H23N5OS. The van der Waals surface area contributed by atoms with Crippen LogP contribution < -0.4 is 10.5 Å². The zero-order chi connectivity index (χ0) is 16.4. The van der Waals surface area contributed by atoms with Crippen LogP contribution in [0.2, 0.25) is 0 Å². The van der Waals surface area contributed by atoms with Crippen molar-refractivity contribution in [3.05, 3.63) is 39.8 Å². The minimum atomic E-state index is 0.0358. The number of hydrogen-bond acceptors (Lipinski definition) is 6. The molecule has 0 aromatic carbocycles. The third-order valence-electron chi connectivity index (χ3n) is 5.02. The summed E-state index contributed by atoms with van der Waals surface area (Å²) in [5.74, 6) is 0. The molecule has 2 saturated heterocycles. The van der Waals surface area contributed by atoms with Crippen LogP contribution in [-0.2, 0) is 6.42 Å². The van der Waals surface area contributed by atoms with Crippen molar-refractivity contribution >= 4 is 17.2 Å². The number of piperidine rings is 1. The summed E-state index contributed by atoms with van der Waals surface area (Å²) in [6.07, 6.45) is 8.12. The van der Waals surface area contributed by atoms with Crippen molar-refractivity contribution in [2.24, 2.45) is 0 Å². The van der Waals surface area contributed by atoms with Gasteiger partial charge in [0.1, 0.15) is 0 Å². The molecule has 1 unspecified atom stereocenters. The topological polar surface area (TPSA) is 54.3 Å². The second kappa shape index (κ2) is 7.03. The Hall–Kier alpha value is -1.73. The zero-order valence-electron chi connectivity index (χ0n) is 13.8. The first-order chi connectivity index (χ1) is 11.8. The summed E-state index contributed by atoms with van der Waals surface area (Å²) >= 11 is 1.57. The summed E-state index contributed by atoms with van der Waals surface area (Å²) in [4.78, 5) is 18.5. The van der Waals surface area contributed by atoms with Crippen molar-refractivity contribution in [2.45, 2.75) is 31.7 Å². The molecule has 2 aromatic rings. The van der Waals surface area contributed by atoms with Gasteiger partial charge in [-0.2, -0.15) is 5.10 Å². The summed E-state index contributed by atoms with van der Waals surface area (Å²) in [7, 11) is 0. The van der Waals surface area contributed by atoms with Gasteiger partial charge >= 0.3 is 0 Å². The number of aromatic nitrogens is 3. The van der Waals surface area contributed by atoms with Gasteiger partial charge in [-0.25, -0.2) is 9.06 Å². The van der Waals surface area contributed by atoms with E-state index in [0.717, 1.165) is 57.7 Å². The van der Waals surface area contributed by atoms with E-state index in [1.54, 1.807) is 22.3 Å². The fraction of sp³-hybridized carbons (Fsp3) is 0.588. The van der Waals surface area contributed by atoms with Gasteiger partial charge in [0.15, 0.2) is 0 Å². The molecule has 0 spiro atoms. The van der Waals surface area contributed by atoms with Crippen LogP contribution in [0.1, 0.15) is 30.2 Å². The molecule has 128 valence electrons. The van der Waals surface area contributed by atoms with Crippen molar-refractivity contribution in [3.8, 4) is 0 Å². The maximum atomic E-state index is 12.5. The van der Waals surface area contributed by atoms with Gasteiger partial charge in [-0.3, -0.25) is 4.79 Å². The molecule has 2 fully saturated rings. The first-order valence-electron chi connectivity index (χ1n) is 8.75. The summed E-state index contributed by atoms with van der Waals surface area (Å²) in [5.41, 5.74) is 1.01. The quantitative estimate of drug-likeness (QED) is 0.827. The van der Waals surface area contributed by atoms with Crippen LogP contribution in [-0.4, -0.2) is 51.8 Å². The van der Waals surface area contributed by atoms with Gasteiger partial charge in [0.25, 0.3) is 5.56 Å². The van der Waals surface area contributed by atoms with E-state index in [1.807, 2.05) is 12.4 Å². The highest BCUT2D eigenvalue weighted by molar-refractivity contribution is 7.05. The maximum Gasteiger partial charge on any atom is 0.269 e. The molecule has 24 heavy (non-hydrogen) atoms. The lowest BCUT2D eigenvalue weighted by Gasteiger charge is -2.34. The lowest BCUT2D eigenvalue weighted by atomic mass is 10.1. The lowest BCUT2D eigenvalue weighted by molar-refractivity contribution is 0.168. The smallest absolute Gasteiger partial charge is 0.269 e. The molecule has 1 atom stereocenters. The number of hydrogen-bond donors (Lipinski definition) is 0. The van der Waals surface area contributed by atoms with Gasteiger partial charge < -0.3 is 9.80 Å². The largest absolute Gasteiger partial charge is 0.370 e. The first kappa shape index (κ1) is 15.8. The molecule has 6 nitrogen and oxygen atoms in total. The van der Waals surface area contributed by atoms with Gasteiger partial charge in [-0.1, -0.05) is 0 Å². The zero-order valence-corrected chi connectivity index (χ0v) is 14.6. The predicted octanol–water partition coefficient (Wildman–Crippen LogP) is 1.79. The Labute approximate surface area is 145 Å². The van der Waals surface area contributed by atoms with Crippen molar-refractivity contribution < 1.29 is 0 Å². The molecule has 0 amide bonds. The maximum absolute atomic E-state index is 12.5. The van der Waals surface area contributed by atoms with E-state index in [0.29, 0.717) is 0 Å². The summed E-state index contributed by atoms with van der Waals surface area (Å²) in [5, 5.41) is 4.48. The molecule has 2 aliphatic heterocycles. The Morgan fingerprint density at radius 3 is 2.88 bits per heavy atom. The van der Waals surface area contributed by atoms with Crippen LogP contribution in [0.25, 0.3) is 0 Å². The molecule has 4 heterocycles. The third kappa shape index (κ3) is 3.37. The van der Waals surface area contributed by atoms with E-state index in [2.05, 4.69) is 25.3 Å². The Morgan fingerprint density at radius 1 is 1.25 bits per heavy atom. The second-order valence-corrected chi connectivity index (χ2v) is 7.58. The minimum Gasteiger partial charge on any atom is -0.370 e. The summed E-state index contributed by atoms with van der Waals surface area (Å²) < 4.78 is 5.85. The van der Waals surface area contributed by atoms with Gasteiger partial charge in [-0.05, 0) is 49.8 Å². The van der Waals surface area contributed by atoms with E-state index in [1.165, 1.54) is 11.3 Å². The van der Waals surface area contributed by atoms with Crippen LogP contribution in [0.4, 0.5) is 5.69 Å². The summed E-state index contributed by atoms with van der Waals surface area (Å²) in [6, 6.07) is 4.04. The molecule has 0 aliphatic carbocycles. The number of nitrogens with zero attached hydrogens (tertiary/aromatic N) is 5. The third-order valence-corrected chi connectivity index (χ3v) is 5.83. The van der Waals surface area contributed by atoms with Crippen LogP contribution in [0.3, 0.4) is 0 Å². The minimum absolute atomic E-state index is 0.0358. The average molecular weight is 345 g/mol. The van der Waals surface area contributed by atoms with Gasteiger partial charge in [0, 0.05) is 43.3 Å². The monoisotopic (exact) mass is 345 g/mol. The molecule has 0 radical (unpaired) electrons. The molecule has 2 aliphatic rings. The van der Waals surface area contributed by atoms with Crippen LogP contribution in [0.15, 0.2) is 29.3 Å². The van der Waals surface area contributed by atoms with Crippen molar-refractivity contribution in [2.75, 3.05) is 37.6 Å². The Balaban J connectivity index is 1.40. The van der Waals surface area contributed by atoms with Crippen molar-refractivity contribution in [3.63, 3.8) is 0 Å². The molecular weight excluding hydrogens is 322 g/mol. The Bertz CT molecular complexity index is 725. The highest BCUT2D eigenvalue weighted by atomic mass is 32.1. The van der Waals surface area contributed by atoms with Gasteiger partial charge in [0.05, 0.1) is 17.9 Å². The predicted molar refractivity (Wildman–Crippen MR) is 95.9 cm³/mol. The Kier molecular flexibility index (Phi) is 4.62. The summed E-state index contributed by atoms with van der Waals surface area (Å²) in [6.45, 7) is 5.13. The average Bonchev–Trinajstić information content (AvgIpc) is 3.05. The van der Waals surface area contributed by atoms with Crippen molar-refractivity contribution in [1.82, 2.24) is 19.1 Å². The van der Waals surface area contributed by atoms with Gasteiger partial charge in [-0.15, -0.1) is 0 Å². The molecule has 0 saturated carbocycles. The first-order valence-corrected chi connectivity index (χ1v) is 9.53. The van der Waals surface area contributed by atoms with Gasteiger partial charge in [0.2, 0.25) is 0 Å². The van der Waals surface area contributed by atoms with Crippen LogP contribution in [0.5, 0.6) is 0 Å². The fourth-order valence-electron chi connectivity index (χ4n) is 3.50. The van der Waals surface area contributed by atoms with Crippen molar-refractivity contribution in [1.29, 1.82) is 0 Å².